The summed E-state index contributed by atoms with van der Waals surface area (Å²) >= 11 is 3.57. The van der Waals surface area contributed by atoms with Crippen LogP contribution in [0, 0.1) is 17.3 Å². The molecule has 1 aromatic carbocycles. The number of hydrogen-bond donors (Lipinski definition) is 1. The zero-order chi connectivity index (χ0) is 26.1. The maximum absolute atomic E-state index is 13.4. The van der Waals surface area contributed by atoms with E-state index in [0.29, 0.717) is 22.8 Å². The molecule has 1 aromatic rings. The summed E-state index contributed by atoms with van der Waals surface area (Å²) in [7, 11) is 1.48. The molecule has 5 nitrogen and oxygen atoms in total. The van der Waals surface area contributed by atoms with Crippen molar-refractivity contribution in [3.05, 3.63) is 35.4 Å². The molecule has 5 atom stereocenters. The third kappa shape index (κ3) is 4.17. The summed E-state index contributed by atoms with van der Waals surface area (Å²) in [6, 6.07) is 8.42. The minimum atomic E-state index is -0.392. The van der Waals surface area contributed by atoms with Crippen LogP contribution in [0.5, 0.6) is 0 Å². The molecule has 1 aliphatic heterocycles. The Labute approximate surface area is 231 Å². The van der Waals surface area contributed by atoms with E-state index in [1.807, 2.05) is 19.2 Å². The Kier molecular flexibility index (Phi) is 6.66. The van der Waals surface area contributed by atoms with Gasteiger partial charge in [0.25, 0.3) is 5.91 Å². The molecule has 8 rings (SSSR count). The number of benzene rings is 1. The fraction of sp³-hybridized carbons (Fsp3) is 0.767. The Morgan fingerprint density at radius 1 is 1.11 bits per heavy atom. The maximum atomic E-state index is 13.4. The zero-order valence-electron chi connectivity index (χ0n) is 23.0. The van der Waals surface area contributed by atoms with E-state index in [1.54, 1.807) is 0 Å². The fourth-order valence-corrected chi connectivity index (χ4v) is 9.09. The zero-order valence-corrected chi connectivity index (χ0v) is 24.6. The Balaban J connectivity index is 1.14. The van der Waals surface area contributed by atoms with Crippen molar-refractivity contribution in [2.45, 2.75) is 114 Å². The van der Waals surface area contributed by atoms with Gasteiger partial charge in [-0.15, -0.1) is 0 Å². The van der Waals surface area contributed by atoms with Gasteiger partial charge in [0, 0.05) is 18.0 Å². The standard InChI is InChI=1S/C30H43BBrNO4/c1-27(2)22-18-23(27)28(3)24(19-22)36-31(37-28)25(6-5-17-32)33-26(34)20-7-9-21(10-8-20)29-11-14-30(35-4,15-12-29)16-13-29/h7-10,22-25H,5-6,11-19H2,1-4H3,(H,33,34)/t22-,23-,24+,25-,28-,29?,30?/m0/s1. The Bertz CT molecular complexity index is 1010. The second-order valence-corrected chi connectivity index (χ2v) is 14.3. The highest BCUT2D eigenvalue weighted by Gasteiger charge is 2.68. The lowest BCUT2D eigenvalue weighted by Crippen LogP contribution is -2.65. The molecule has 1 N–H and O–H groups in total. The molecule has 0 aromatic heterocycles. The van der Waals surface area contributed by atoms with Crippen LogP contribution in [0.4, 0.5) is 0 Å². The van der Waals surface area contributed by atoms with Gasteiger partial charge in [-0.3, -0.25) is 4.79 Å². The molecule has 7 aliphatic rings. The van der Waals surface area contributed by atoms with Crippen molar-refractivity contribution in [2.24, 2.45) is 17.3 Å². The first kappa shape index (κ1) is 26.3. The van der Waals surface area contributed by atoms with Gasteiger partial charge in [0.1, 0.15) is 0 Å². The van der Waals surface area contributed by atoms with Crippen LogP contribution in [-0.2, 0) is 19.5 Å². The molecular weight excluding hydrogens is 529 g/mol. The van der Waals surface area contributed by atoms with Crippen LogP contribution >= 0.6 is 15.9 Å². The van der Waals surface area contributed by atoms with Crippen molar-refractivity contribution in [3.8, 4) is 0 Å². The lowest BCUT2D eigenvalue weighted by molar-refractivity contribution is -0.199. The van der Waals surface area contributed by atoms with E-state index in [1.165, 1.54) is 31.2 Å². The van der Waals surface area contributed by atoms with Gasteiger partial charge in [-0.2, -0.15) is 0 Å². The van der Waals surface area contributed by atoms with Gasteiger partial charge in [-0.1, -0.05) is 41.9 Å². The molecular formula is C30H43BBrNO4. The number of carbonyl (C=O) groups is 1. The molecule has 1 amide bonds. The van der Waals surface area contributed by atoms with Gasteiger partial charge in [-0.25, -0.2) is 0 Å². The number of amides is 1. The Morgan fingerprint density at radius 3 is 2.38 bits per heavy atom. The number of carbonyl (C=O) groups excluding carboxylic acids is 1. The highest BCUT2D eigenvalue weighted by atomic mass is 79.9. The first-order chi connectivity index (χ1) is 17.6. The van der Waals surface area contributed by atoms with E-state index >= 15 is 0 Å². The van der Waals surface area contributed by atoms with Crippen LogP contribution in [0.1, 0.15) is 101 Å². The molecule has 6 aliphatic carbocycles. The molecule has 202 valence electrons. The number of rotatable bonds is 8. The van der Waals surface area contributed by atoms with Crippen molar-refractivity contribution < 1.29 is 18.8 Å². The minimum absolute atomic E-state index is 0.0360. The average molecular weight is 572 g/mol. The Morgan fingerprint density at radius 2 is 1.78 bits per heavy atom. The highest BCUT2D eigenvalue weighted by molar-refractivity contribution is 9.09. The number of ether oxygens (including phenoxy) is 1. The summed E-state index contributed by atoms with van der Waals surface area (Å²) in [5, 5.41) is 4.20. The van der Waals surface area contributed by atoms with Crippen molar-refractivity contribution >= 4 is 29.0 Å². The topological polar surface area (TPSA) is 56.8 Å². The number of fused-ring (bicyclic) bond motifs is 3. The summed E-state index contributed by atoms with van der Waals surface area (Å²) < 4.78 is 19.1. The molecule has 1 heterocycles. The van der Waals surface area contributed by atoms with Crippen molar-refractivity contribution in [3.63, 3.8) is 0 Å². The number of hydrogen-bond acceptors (Lipinski definition) is 4. The molecule has 6 saturated carbocycles. The van der Waals surface area contributed by atoms with Gasteiger partial charge >= 0.3 is 7.12 Å². The lowest BCUT2D eigenvalue weighted by atomic mass is 9.43. The van der Waals surface area contributed by atoms with E-state index in [0.717, 1.165) is 43.9 Å². The number of nitrogens with one attached hydrogen (secondary N) is 1. The number of methoxy groups -OCH3 is 1. The normalized spacial score (nSPS) is 40.1. The summed E-state index contributed by atoms with van der Waals surface area (Å²) in [4.78, 5) is 13.4. The molecule has 0 spiro atoms. The van der Waals surface area contributed by atoms with Gasteiger partial charge in [0.15, 0.2) is 0 Å². The van der Waals surface area contributed by atoms with Crippen LogP contribution in [0.25, 0.3) is 0 Å². The number of halogens is 1. The molecule has 0 radical (unpaired) electrons. The van der Waals surface area contributed by atoms with Crippen molar-refractivity contribution in [1.82, 2.24) is 5.32 Å². The maximum Gasteiger partial charge on any atom is 0.481 e. The second-order valence-electron chi connectivity index (χ2n) is 13.5. The largest absolute Gasteiger partial charge is 0.481 e. The average Bonchev–Trinajstić information content (AvgIpc) is 3.29. The first-order valence-electron chi connectivity index (χ1n) is 14.5. The highest BCUT2D eigenvalue weighted by Crippen LogP contribution is 2.65. The molecule has 7 heteroatoms. The van der Waals surface area contributed by atoms with Crippen LogP contribution in [0.15, 0.2) is 24.3 Å². The van der Waals surface area contributed by atoms with E-state index in [-0.39, 0.29) is 34.6 Å². The van der Waals surface area contributed by atoms with Crippen LogP contribution < -0.4 is 5.32 Å². The second kappa shape index (κ2) is 9.35. The third-order valence-corrected chi connectivity index (χ3v) is 12.2. The van der Waals surface area contributed by atoms with Gasteiger partial charge in [0.2, 0.25) is 0 Å². The summed E-state index contributed by atoms with van der Waals surface area (Å²) in [6.07, 6.45) is 11.1. The number of alkyl halides is 1. The molecule has 1 saturated heterocycles. The molecule has 4 bridgehead atoms. The Hall–Kier alpha value is -0.885. The minimum Gasteiger partial charge on any atom is -0.404 e. The van der Waals surface area contributed by atoms with E-state index in [2.05, 4.69) is 54.2 Å². The SMILES string of the molecule is COC12CCC(c3ccc(C(=O)N[C@@H](CCCBr)B4O[C@@H]5C[C@@H]6C[C@@H](C6(C)C)[C@]5(C)O4)cc3)(CC1)CC2. The van der Waals surface area contributed by atoms with Crippen molar-refractivity contribution in [1.29, 1.82) is 0 Å². The van der Waals surface area contributed by atoms with Crippen LogP contribution in [-0.4, -0.2) is 48.7 Å². The third-order valence-electron chi connectivity index (χ3n) is 11.6. The summed E-state index contributed by atoms with van der Waals surface area (Å²) in [6.45, 7) is 7.01. The smallest absolute Gasteiger partial charge is 0.404 e. The van der Waals surface area contributed by atoms with E-state index in [9.17, 15) is 4.79 Å². The quantitative estimate of drug-likeness (QED) is 0.297. The lowest BCUT2D eigenvalue weighted by Gasteiger charge is -2.64. The molecule has 0 unspecified atom stereocenters. The monoisotopic (exact) mass is 571 g/mol. The van der Waals surface area contributed by atoms with Crippen LogP contribution in [0.2, 0.25) is 0 Å². The van der Waals surface area contributed by atoms with Crippen LogP contribution in [0.3, 0.4) is 0 Å². The predicted molar refractivity (Wildman–Crippen MR) is 150 cm³/mol. The predicted octanol–water partition coefficient (Wildman–Crippen LogP) is 6.22. The van der Waals surface area contributed by atoms with Gasteiger partial charge < -0.3 is 19.4 Å². The van der Waals surface area contributed by atoms with E-state index in [4.69, 9.17) is 14.0 Å². The molecule has 7 fully saturated rings. The van der Waals surface area contributed by atoms with Crippen molar-refractivity contribution in [2.75, 3.05) is 12.4 Å². The summed E-state index contributed by atoms with van der Waals surface area (Å²) in [5.41, 5.74) is 2.50. The first-order valence-corrected chi connectivity index (χ1v) is 15.6. The fourth-order valence-electron chi connectivity index (χ4n) is 8.76. The van der Waals surface area contributed by atoms with Gasteiger partial charge in [-0.05, 0) is 111 Å². The van der Waals surface area contributed by atoms with E-state index < -0.39 is 7.12 Å². The van der Waals surface area contributed by atoms with Gasteiger partial charge in [0.05, 0.1) is 23.2 Å². The summed E-state index contributed by atoms with van der Waals surface area (Å²) in [5.74, 6) is 1.03. The molecule has 37 heavy (non-hydrogen) atoms.